The molecular formula is C20H25N3O3. The number of amides is 2. The molecular weight excluding hydrogens is 330 g/mol. The normalized spacial score (nSPS) is 14.1. The topological polar surface area (TPSA) is 54.0 Å². The summed E-state index contributed by atoms with van der Waals surface area (Å²) < 4.78 is 10.6. The van der Waals surface area contributed by atoms with Crippen molar-refractivity contribution in [3.63, 3.8) is 0 Å². The van der Waals surface area contributed by atoms with Crippen LogP contribution in [0.4, 0.5) is 10.5 Å². The highest BCUT2D eigenvalue weighted by Gasteiger charge is 2.21. The molecule has 1 saturated heterocycles. The van der Waals surface area contributed by atoms with Crippen molar-refractivity contribution in [2.45, 2.75) is 6.54 Å². The number of methoxy groups -OCH3 is 2. The molecule has 0 bridgehead atoms. The van der Waals surface area contributed by atoms with Gasteiger partial charge < -0.3 is 24.6 Å². The van der Waals surface area contributed by atoms with Crippen molar-refractivity contribution in [2.24, 2.45) is 0 Å². The maximum absolute atomic E-state index is 12.5. The molecule has 0 atom stereocenters. The van der Waals surface area contributed by atoms with Gasteiger partial charge in [-0.2, -0.15) is 0 Å². The Kier molecular flexibility index (Phi) is 5.84. The highest BCUT2D eigenvalue weighted by molar-refractivity contribution is 5.74. The average Bonchev–Trinajstić information content (AvgIpc) is 2.72. The summed E-state index contributed by atoms with van der Waals surface area (Å²) in [7, 11) is 3.31. The molecule has 6 heteroatoms. The third-order valence-electron chi connectivity index (χ3n) is 4.61. The molecule has 1 fully saturated rings. The first-order valence-corrected chi connectivity index (χ1v) is 8.75. The molecule has 0 aliphatic carbocycles. The van der Waals surface area contributed by atoms with Gasteiger partial charge in [0.15, 0.2) is 0 Å². The van der Waals surface area contributed by atoms with Crippen LogP contribution in [0.2, 0.25) is 0 Å². The molecule has 0 spiro atoms. The van der Waals surface area contributed by atoms with Gasteiger partial charge in [-0.1, -0.05) is 24.3 Å². The molecule has 1 aliphatic rings. The van der Waals surface area contributed by atoms with Crippen LogP contribution in [0.15, 0.2) is 48.5 Å². The van der Waals surface area contributed by atoms with E-state index in [2.05, 4.69) is 16.3 Å². The molecule has 1 heterocycles. The van der Waals surface area contributed by atoms with Gasteiger partial charge in [-0.3, -0.25) is 0 Å². The third-order valence-corrected chi connectivity index (χ3v) is 4.61. The van der Waals surface area contributed by atoms with E-state index in [1.807, 2.05) is 47.4 Å². The summed E-state index contributed by atoms with van der Waals surface area (Å²) in [6.45, 7) is 3.44. The number of carbonyl (C=O) groups is 1. The zero-order valence-corrected chi connectivity index (χ0v) is 15.3. The first-order chi connectivity index (χ1) is 12.7. The standard InChI is InChI=1S/C20H25N3O3/c1-25-18-8-5-7-17(14-18)22-10-12-23(13-11-22)20(24)21-15-16-6-3-4-9-19(16)26-2/h3-9,14H,10-13,15H2,1-2H3,(H,21,24). The van der Waals surface area contributed by atoms with Gasteiger partial charge >= 0.3 is 6.03 Å². The number of rotatable bonds is 5. The van der Waals surface area contributed by atoms with E-state index in [4.69, 9.17) is 9.47 Å². The zero-order chi connectivity index (χ0) is 18.4. The average molecular weight is 355 g/mol. The highest BCUT2D eigenvalue weighted by atomic mass is 16.5. The third kappa shape index (κ3) is 4.20. The van der Waals surface area contributed by atoms with Gasteiger partial charge in [-0.25, -0.2) is 4.79 Å². The van der Waals surface area contributed by atoms with Gasteiger partial charge in [0.05, 0.1) is 14.2 Å². The Morgan fingerprint density at radius 2 is 1.77 bits per heavy atom. The number of ether oxygens (including phenoxy) is 2. The maximum atomic E-state index is 12.5. The highest BCUT2D eigenvalue weighted by Crippen LogP contribution is 2.22. The Morgan fingerprint density at radius 3 is 2.50 bits per heavy atom. The molecule has 2 aromatic carbocycles. The van der Waals surface area contributed by atoms with E-state index in [1.165, 1.54) is 0 Å². The molecule has 1 N–H and O–H groups in total. The fraction of sp³-hybridized carbons (Fsp3) is 0.350. The molecule has 0 saturated carbocycles. The van der Waals surface area contributed by atoms with Crippen molar-refractivity contribution in [1.29, 1.82) is 0 Å². The number of para-hydroxylation sites is 1. The van der Waals surface area contributed by atoms with Crippen LogP contribution in [0, 0.1) is 0 Å². The summed E-state index contributed by atoms with van der Waals surface area (Å²) in [5, 5.41) is 2.98. The van der Waals surface area contributed by atoms with Gasteiger partial charge in [0.25, 0.3) is 0 Å². The lowest BCUT2D eigenvalue weighted by Gasteiger charge is -2.36. The fourth-order valence-electron chi connectivity index (χ4n) is 3.11. The number of nitrogens with zero attached hydrogens (tertiary/aromatic N) is 2. The summed E-state index contributed by atoms with van der Waals surface area (Å²) in [5.41, 5.74) is 2.09. The van der Waals surface area contributed by atoms with E-state index >= 15 is 0 Å². The number of anilines is 1. The number of hydrogen-bond acceptors (Lipinski definition) is 4. The van der Waals surface area contributed by atoms with Crippen molar-refractivity contribution < 1.29 is 14.3 Å². The fourth-order valence-corrected chi connectivity index (χ4v) is 3.11. The van der Waals surface area contributed by atoms with Crippen LogP contribution in [-0.4, -0.2) is 51.3 Å². The van der Waals surface area contributed by atoms with E-state index in [1.54, 1.807) is 14.2 Å². The second kappa shape index (κ2) is 8.47. The lowest BCUT2D eigenvalue weighted by atomic mass is 10.2. The molecule has 1 aliphatic heterocycles. The molecule has 2 amide bonds. The Balaban J connectivity index is 1.52. The van der Waals surface area contributed by atoms with Crippen LogP contribution in [0.3, 0.4) is 0 Å². The minimum Gasteiger partial charge on any atom is -0.497 e. The summed E-state index contributed by atoms with van der Waals surface area (Å²) >= 11 is 0. The Hall–Kier alpha value is -2.89. The lowest BCUT2D eigenvalue weighted by molar-refractivity contribution is 0.194. The van der Waals surface area contributed by atoms with Crippen LogP contribution in [0.25, 0.3) is 0 Å². The first kappa shape index (κ1) is 17.9. The number of piperazine rings is 1. The molecule has 138 valence electrons. The lowest BCUT2D eigenvalue weighted by Crippen LogP contribution is -2.51. The number of nitrogens with one attached hydrogen (secondary N) is 1. The van der Waals surface area contributed by atoms with Crippen LogP contribution in [0.5, 0.6) is 11.5 Å². The van der Waals surface area contributed by atoms with E-state index in [-0.39, 0.29) is 6.03 Å². The Bertz CT molecular complexity index is 743. The van der Waals surface area contributed by atoms with E-state index in [9.17, 15) is 4.79 Å². The van der Waals surface area contributed by atoms with E-state index < -0.39 is 0 Å². The van der Waals surface area contributed by atoms with Gasteiger partial charge in [0.2, 0.25) is 0 Å². The van der Waals surface area contributed by atoms with Gasteiger partial charge in [-0.15, -0.1) is 0 Å². The van der Waals surface area contributed by atoms with Crippen LogP contribution < -0.4 is 19.7 Å². The van der Waals surface area contributed by atoms with E-state index in [0.717, 1.165) is 35.8 Å². The number of hydrogen-bond donors (Lipinski definition) is 1. The van der Waals surface area contributed by atoms with E-state index in [0.29, 0.717) is 19.6 Å². The molecule has 2 aromatic rings. The molecule has 0 unspecified atom stereocenters. The zero-order valence-electron chi connectivity index (χ0n) is 15.3. The Labute approximate surface area is 154 Å². The second-order valence-corrected chi connectivity index (χ2v) is 6.15. The minimum atomic E-state index is -0.0406. The maximum Gasteiger partial charge on any atom is 0.317 e. The number of urea groups is 1. The minimum absolute atomic E-state index is 0.0406. The SMILES string of the molecule is COc1cccc(N2CCN(C(=O)NCc3ccccc3OC)CC2)c1. The molecule has 0 aromatic heterocycles. The van der Waals surface area contributed by atoms with Crippen molar-refractivity contribution in [1.82, 2.24) is 10.2 Å². The quantitative estimate of drug-likeness (QED) is 0.896. The van der Waals surface area contributed by atoms with Gasteiger partial charge in [0.1, 0.15) is 11.5 Å². The monoisotopic (exact) mass is 355 g/mol. The van der Waals surface area contributed by atoms with Gasteiger partial charge in [0, 0.05) is 50.0 Å². The summed E-state index contributed by atoms with van der Waals surface area (Å²) in [5.74, 6) is 1.63. The summed E-state index contributed by atoms with van der Waals surface area (Å²) in [6, 6.07) is 15.7. The molecule has 26 heavy (non-hydrogen) atoms. The summed E-state index contributed by atoms with van der Waals surface area (Å²) in [6.07, 6.45) is 0. The van der Waals surface area contributed by atoms with Crippen molar-refractivity contribution in [2.75, 3.05) is 45.3 Å². The predicted molar refractivity (Wildman–Crippen MR) is 102 cm³/mol. The predicted octanol–water partition coefficient (Wildman–Crippen LogP) is 2.74. The molecule has 3 rings (SSSR count). The smallest absolute Gasteiger partial charge is 0.317 e. The van der Waals surface area contributed by atoms with Crippen molar-refractivity contribution in [3.05, 3.63) is 54.1 Å². The van der Waals surface area contributed by atoms with Crippen molar-refractivity contribution in [3.8, 4) is 11.5 Å². The number of benzene rings is 2. The molecule has 6 nitrogen and oxygen atoms in total. The van der Waals surface area contributed by atoms with Crippen LogP contribution in [-0.2, 0) is 6.54 Å². The molecule has 0 radical (unpaired) electrons. The second-order valence-electron chi connectivity index (χ2n) is 6.15. The Morgan fingerprint density at radius 1 is 1.00 bits per heavy atom. The summed E-state index contributed by atoms with van der Waals surface area (Å²) in [4.78, 5) is 16.6. The first-order valence-electron chi connectivity index (χ1n) is 8.75. The van der Waals surface area contributed by atoms with Crippen molar-refractivity contribution >= 4 is 11.7 Å². The van der Waals surface area contributed by atoms with Gasteiger partial charge in [-0.05, 0) is 18.2 Å². The largest absolute Gasteiger partial charge is 0.497 e. The van der Waals surface area contributed by atoms with Crippen LogP contribution >= 0.6 is 0 Å². The van der Waals surface area contributed by atoms with Crippen LogP contribution in [0.1, 0.15) is 5.56 Å². The number of carbonyl (C=O) groups excluding carboxylic acids is 1.